The van der Waals surface area contributed by atoms with Crippen LogP contribution in [0.4, 0.5) is 13.2 Å². The Bertz CT molecular complexity index is 821. The predicted octanol–water partition coefficient (Wildman–Crippen LogP) is 4.69. The van der Waals surface area contributed by atoms with Gasteiger partial charge in [-0.05, 0) is 55.1 Å². The Morgan fingerprint density at radius 3 is 2.68 bits per heavy atom. The van der Waals surface area contributed by atoms with Crippen LogP contribution in [-0.4, -0.2) is 33.5 Å². The normalized spacial score (nSPS) is 19.4. The van der Waals surface area contributed by atoms with E-state index >= 15 is 0 Å². The summed E-state index contributed by atoms with van der Waals surface area (Å²) in [5, 5.41) is 9.68. The molecule has 0 radical (unpaired) electrons. The lowest BCUT2D eigenvalue weighted by molar-refractivity contribution is -0.145. The van der Waals surface area contributed by atoms with E-state index in [0.29, 0.717) is 24.2 Å². The number of halogens is 3. The molecule has 2 aromatic rings. The maximum Gasteiger partial charge on any atom is 0.416 e. The van der Waals surface area contributed by atoms with Gasteiger partial charge in [-0.1, -0.05) is 31.5 Å². The zero-order valence-corrected chi connectivity index (χ0v) is 15.6. The average Bonchev–Trinajstić information content (AvgIpc) is 2.68. The molecule has 0 saturated carbocycles. The molecule has 2 atom stereocenters. The highest BCUT2D eigenvalue weighted by Crippen LogP contribution is 2.36. The minimum Gasteiger partial charge on any atom is -0.480 e. The smallest absolute Gasteiger partial charge is 0.416 e. The van der Waals surface area contributed by atoms with Gasteiger partial charge < -0.3 is 5.11 Å². The number of carbonyl (C=O) groups is 1. The van der Waals surface area contributed by atoms with E-state index in [2.05, 4.69) is 4.98 Å². The van der Waals surface area contributed by atoms with Crippen LogP contribution in [0.1, 0.15) is 54.6 Å². The van der Waals surface area contributed by atoms with E-state index in [1.54, 1.807) is 23.2 Å². The summed E-state index contributed by atoms with van der Waals surface area (Å²) in [4.78, 5) is 18.1. The van der Waals surface area contributed by atoms with Gasteiger partial charge in [0.25, 0.3) is 0 Å². The van der Waals surface area contributed by atoms with E-state index in [-0.39, 0.29) is 0 Å². The maximum atomic E-state index is 13.3. The maximum absolute atomic E-state index is 13.3. The standard InChI is InChI=1S/C21H23F3N2O2/c1-2-14-9-10-17(25-13-14)19(26-11-4-3-8-18(26)20(27)28)15-6-5-7-16(12-15)21(22,23)24/h5-7,9-10,12-13,18-19H,2-4,8,11H2,1H3,(H,27,28). The molecule has 1 aliphatic rings. The number of rotatable bonds is 5. The highest BCUT2D eigenvalue weighted by Gasteiger charge is 2.37. The predicted molar refractivity (Wildman–Crippen MR) is 98.9 cm³/mol. The van der Waals surface area contributed by atoms with Crippen molar-refractivity contribution < 1.29 is 23.1 Å². The third-order valence-corrected chi connectivity index (χ3v) is 5.23. The van der Waals surface area contributed by atoms with Crippen molar-refractivity contribution in [2.24, 2.45) is 0 Å². The largest absolute Gasteiger partial charge is 0.480 e. The SMILES string of the molecule is CCc1ccc(C(c2cccc(C(F)(F)F)c2)N2CCCCC2C(=O)O)nc1. The fraction of sp³-hybridized carbons (Fsp3) is 0.429. The molecule has 28 heavy (non-hydrogen) atoms. The number of hydrogen-bond acceptors (Lipinski definition) is 3. The third-order valence-electron chi connectivity index (χ3n) is 5.23. The average molecular weight is 392 g/mol. The van der Waals surface area contributed by atoms with Gasteiger partial charge in [-0.3, -0.25) is 14.7 Å². The molecule has 4 nitrogen and oxygen atoms in total. The first-order chi connectivity index (χ1) is 13.3. The molecule has 2 unspecified atom stereocenters. The highest BCUT2D eigenvalue weighted by molar-refractivity contribution is 5.73. The molecule has 1 saturated heterocycles. The fourth-order valence-electron chi connectivity index (χ4n) is 3.75. The molecule has 1 N–H and O–H groups in total. The summed E-state index contributed by atoms with van der Waals surface area (Å²) in [6, 6.07) is 7.40. The lowest BCUT2D eigenvalue weighted by atomic mass is 9.93. The van der Waals surface area contributed by atoms with Crippen LogP contribution in [0.5, 0.6) is 0 Å². The quantitative estimate of drug-likeness (QED) is 0.802. The van der Waals surface area contributed by atoms with Crippen LogP contribution in [0.25, 0.3) is 0 Å². The van der Waals surface area contributed by atoms with Crippen LogP contribution in [0.2, 0.25) is 0 Å². The van der Waals surface area contributed by atoms with Crippen LogP contribution in [0, 0.1) is 0 Å². The molecule has 1 fully saturated rings. The van der Waals surface area contributed by atoms with E-state index in [4.69, 9.17) is 0 Å². The molecule has 7 heteroatoms. The summed E-state index contributed by atoms with van der Waals surface area (Å²) >= 11 is 0. The Hall–Kier alpha value is -2.41. The second kappa shape index (κ2) is 8.31. The van der Waals surface area contributed by atoms with Crippen LogP contribution in [0.15, 0.2) is 42.6 Å². The molecule has 1 aromatic carbocycles. The lowest BCUT2D eigenvalue weighted by Crippen LogP contribution is -2.47. The second-order valence-corrected chi connectivity index (χ2v) is 7.06. The molecule has 1 aliphatic heterocycles. The van der Waals surface area contributed by atoms with Gasteiger partial charge in [0.15, 0.2) is 0 Å². The van der Waals surface area contributed by atoms with Gasteiger partial charge in [-0.15, -0.1) is 0 Å². The molecule has 2 heterocycles. The van der Waals surface area contributed by atoms with Crippen LogP contribution >= 0.6 is 0 Å². The first kappa shape index (κ1) is 20.3. The topological polar surface area (TPSA) is 53.4 Å². The number of likely N-dealkylation sites (tertiary alicyclic amines) is 1. The van der Waals surface area contributed by atoms with Crippen molar-refractivity contribution in [1.82, 2.24) is 9.88 Å². The lowest BCUT2D eigenvalue weighted by Gasteiger charge is -2.39. The number of carboxylic acids is 1. The molecule has 0 spiro atoms. The molecule has 1 aromatic heterocycles. The van der Waals surface area contributed by atoms with Gasteiger partial charge in [0.05, 0.1) is 17.3 Å². The second-order valence-electron chi connectivity index (χ2n) is 7.06. The van der Waals surface area contributed by atoms with E-state index in [0.717, 1.165) is 37.0 Å². The zero-order valence-electron chi connectivity index (χ0n) is 15.6. The number of hydrogen-bond donors (Lipinski definition) is 1. The Morgan fingerprint density at radius 2 is 2.07 bits per heavy atom. The van der Waals surface area contributed by atoms with Crippen molar-refractivity contribution in [3.05, 3.63) is 65.0 Å². The number of nitrogens with zero attached hydrogens (tertiary/aromatic N) is 2. The molecular weight excluding hydrogens is 369 g/mol. The molecule has 150 valence electrons. The Morgan fingerprint density at radius 1 is 1.29 bits per heavy atom. The van der Waals surface area contributed by atoms with Crippen molar-refractivity contribution in [1.29, 1.82) is 0 Å². The van der Waals surface area contributed by atoms with Crippen molar-refractivity contribution in [2.45, 2.75) is 50.9 Å². The monoisotopic (exact) mass is 392 g/mol. The number of benzene rings is 1. The van der Waals surface area contributed by atoms with E-state index in [9.17, 15) is 23.1 Å². The number of aromatic nitrogens is 1. The Kier molecular flexibility index (Phi) is 6.03. The first-order valence-corrected chi connectivity index (χ1v) is 9.41. The van der Waals surface area contributed by atoms with Gasteiger partial charge in [-0.25, -0.2) is 0 Å². The summed E-state index contributed by atoms with van der Waals surface area (Å²) < 4.78 is 39.8. The summed E-state index contributed by atoms with van der Waals surface area (Å²) in [5.74, 6) is -0.957. The van der Waals surface area contributed by atoms with Crippen molar-refractivity contribution in [3.63, 3.8) is 0 Å². The molecule has 0 bridgehead atoms. The summed E-state index contributed by atoms with van der Waals surface area (Å²) in [6.45, 7) is 2.49. The van der Waals surface area contributed by atoms with E-state index in [1.165, 1.54) is 6.07 Å². The first-order valence-electron chi connectivity index (χ1n) is 9.41. The number of piperidine rings is 1. The minimum absolute atomic E-state index is 0.403. The summed E-state index contributed by atoms with van der Waals surface area (Å²) in [6.07, 6.45) is 0.0852. The Labute approximate surface area is 162 Å². The fourth-order valence-corrected chi connectivity index (χ4v) is 3.75. The number of aryl methyl sites for hydroxylation is 1. The molecule has 0 aliphatic carbocycles. The van der Waals surface area contributed by atoms with Gasteiger partial charge in [0.2, 0.25) is 0 Å². The van der Waals surface area contributed by atoms with Gasteiger partial charge in [-0.2, -0.15) is 13.2 Å². The van der Waals surface area contributed by atoms with Crippen molar-refractivity contribution >= 4 is 5.97 Å². The van der Waals surface area contributed by atoms with E-state index in [1.807, 2.05) is 13.0 Å². The van der Waals surface area contributed by atoms with Crippen LogP contribution in [0.3, 0.4) is 0 Å². The number of alkyl halides is 3. The third kappa shape index (κ3) is 4.35. The molecular formula is C21H23F3N2O2. The van der Waals surface area contributed by atoms with E-state index < -0.39 is 29.8 Å². The summed E-state index contributed by atoms with van der Waals surface area (Å²) in [5.41, 5.74) is 1.23. The zero-order chi connectivity index (χ0) is 20.3. The van der Waals surface area contributed by atoms with Gasteiger partial charge >= 0.3 is 12.1 Å². The van der Waals surface area contributed by atoms with Crippen molar-refractivity contribution in [3.8, 4) is 0 Å². The minimum atomic E-state index is -4.46. The number of pyridine rings is 1. The highest BCUT2D eigenvalue weighted by atomic mass is 19.4. The Balaban J connectivity index is 2.09. The molecule has 3 rings (SSSR count). The van der Waals surface area contributed by atoms with Crippen LogP contribution in [-0.2, 0) is 17.4 Å². The van der Waals surface area contributed by atoms with Gasteiger partial charge in [0.1, 0.15) is 6.04 Å². The number of aliphatic carboxylic acids is 1. The summed E-state index contributed by atoms with van der Waals surface area (Å²) in [7, 11) is 0. The van der Waals surface area contributed by atoms with Crippen molar-refractivity contribution in [2.75, 3.05) is 6.54 Å². The van der Waals surface area contributed by atoms with Gasteiger partial charge in [0, 0.05) is 6.20 Å². The number of carboxylic acid groups (broad SMARTS) is 1. The molecule has 0 amide bonds. The van der Waals surface area contributed by atoms with Crippen LogP contribution < -0.4 is 0 Å².